The molecule has 0 rings (SSSR count). The van der Waals surface area contributed by atoms with Crippen LogP contribution in [0.5, 0.6) is 0 Å². The van der Waals surface area contributed by atoms with E-state index in [1.54, 1.807) is 0 Å². The van der Waals surface area contributed by atoms with E-state index in [-0.39, 0.29) is 22.7 Å². The van der Waals surface area contributed by atoms with Gasteiger partial charge in [-0.05, 0) is 5.41 Å². The lowest BCUT2D eigenvalue weighted by Gasteiger charge is -2.31. The summed E-state index contributed by atoms with van der Waals surface area (Å²) >= 11 is 0. The number of Topliss-reactive ketones (excluding diaryl/α,β-unsaturated/α-hetero) is 1. The molecule has 0 spiro atoms. The fourth-order valence-corrected chi connectivity index (χ4v) is 0.860. The van der Waals surface area contributed by atoms with Crippen LogP contribution in [0, 0.1) is 10.8 Å². The molecule has 0 bridgehead atoms. The van der Waals surface area contributed by atoms with Gasteiger partial charge < -0.3 is 5.73 Å². The number of hydrogen-bond donors (Lipinski definition) is 1. The van der Waals surface area contributed by atoms with E-state index >= 15 is 0 Å². The van der Waals surface area contributed by atoms with Crippen molar-refractivity contribution in [2.24, 2.45) is 16.6 Å². The smallest absolute Gasteiger partial charge is 0.155 e. The van der Waals surface area contributed by atoms with Crippen LogP contribution in [0.15, 0.2) is 0 Å². The quantitative estimate of drug-likeness (QED) is 0.655. The highest BCUT2D eigenvalue weighted by Gasteiger charge is 2.34. The summed E-state index contributed by atoms with van der Waals surface area (Å²) in [5.74, 6) is 0.134. The van der Waals surface area contributed by atoms with Crippen LogP contribution in [0.1, 0.15) is 41.5 Å². The van der Waals surface area contributed by atoms with E-state index in [2.05, 4.69) is 0 Å². The third kappa shape index (κ3) is 2.94. The van der Waals surface area contributed by atoms with E-state index in [0.717, 1.165) is 0 Å². The molecule has 0 aliphatic heterocycles. The SMILES string of the molecule is CC(C)(C)C(=O)[C@@H](N)C(C)(C)C. The normalized spacial score (nSPS) is 15.9. The van der Waals surface area contributed by atoms with E-state index in [0.29, 0.717) is 0 Å². The molecule has 0 radical (unpaired) electrons. The number of ketones is 1. The van der Waals surface area contributed by atoms with Gasteiger partial charge in [-0.2, -0.15) is 0 Å². The van der Waals surface area contributed by atoms with Gasteiger partial charge in [-0.3, -0.25) is 4.79 Å². The van der Waals surface area contributed by atoms with E-state index in [4.69, 9.17) is 5.73 Å². The highest BCUT2D eigenvalue weighted by molar-refractivity contribution is 5.89. The molecule has 72 valence electrons. The molecule has 1 atom stereocenters. The van der Waals surface area contributed by atoms with Crippen molar-refractivity contribution >= 4 is 5.78 Å². The van der Waals surface area contributed by atoms with Gasteiger partial charge in [0, 0.05) is 5.41 Å². The van der Waals surface area contributed by atoms with Crippen molar-refractivity contribution in [1.29, 1.82) is 0 Å². The van der Waals surface area contributed by atoms with Gasteiger partial charge in [-0.1, -0.05) is 41.5 Å². The second kappa shape index (κ2) is 3.17. The maximum Gasteiger partial charge on any atom is 0.155 e. The number of nitrogens with two attached hydrogens (primary N) is 1. The van der Waals surface area contributed by atoms with Crippen LogP contribution in [0.2, 0.25) is 0 Å². The molecular weight excluding hydrogens is 150 g/mol. The van der Waals surface area contributed by atoms with Gasteiger partial charge in [0.15, 0.2) is 5.78 Å². The molecule has 0 aromatic rings. The number of carbonyl (C=O) groups excluding carboxylic acids is 1. The molecule has 0 aromatic heterocycles. The van der Waals surface area contributed by atoms with E-state index in [9.17, 15) is 4.79 Å². The number of carbonyl (C=O) groups is 1. The Labute approximate surface area is 75.5 Å². The summed E-state index contributed by atoms with van der Waals surface area (Å²) in [4.78, 5) is 11.7. The first-order valence-corrected chi connectivity index (χ1v) is 4.36. The summed E-state index contributed by atoms with van der Waals surface area (Å²) < 4.78 is 0. The van der Waals surface area contributed by atoms with Crippen LogP contribution in [-0.4, -0.2) is 11.8 Å². The minimum atomic E-state index is -0.363. The third-order valence-corrected chi connectivity index (χ3v) is 1.95. The topological polar surface area (TPSA) is 43.1 Å². The van der Waals surface area contributed by atoms with Gasteiger partial charge >= 0.3 is 0 Å². The van der Waals surface area contributed by atoms with Gasteiger partial charge in [0.2, 0.25) is 0 Å². The summed E-state index contributed by atoms with van der Waals surface area (Å²) in [6, 6.07) is -0.363. The molecule has 0 aliphatic carbocycles. The second-order valence-corrected chi connectivity index (χ2v) is 5.46. The van der Waals surface area contributed by atoms with Crippen LogP contribution in [0.25, 0.3) is 0 Å². The average molecular weight is 171 g/mol. The van der Waals surface area contributed by atoms with Crippen LogP contribution in [0.4, 0.5) is 0 Å². The van der Waals surface area contributed by atoms with E-state index in [1.165, 1.54) is 0 Å². The first-order valence-electron chi connectivity index (χ1n) is 4.36. The third-order valence-electron chi connectivity index (χ3n) is 1.95. The molecule has 2 nitrogen and oxygen atoms in total. The summed E-state index contributed by atoms with van der Waals surface area (Å²) in [6.45, 7) is 11.7. The number of hydrogen-bond acceptors (Lipinski definition) is 2. The van der Waals surface area contributed by atoms with Gasteiger partial charge in [-0.25, -0.2) is 0 Å². The van der Waals surface area contributed by atoms with Gasteiger partial charge in [0.25, 0.3) is 0 Å². The molecule has 0 aliphatic rings. The Kier molecular flexibility index (Phi) is 3.07. The van der Waals surface area contributed by atoms with Crippen LogP contribution in [-0.2, 0) is 4.79 Å². The Hall–Kier alpha value is -0.370. The van der Waals surface area contributed by atoms with Crippen LogP contribution >= 0.6 is 0 Å². The summed E-state index contributed by atoms with van der Waals surface area (Å²) in [7, 11) is 0. The molecule has 2 N–H and O–H groups in total. The average Bonchev–Trinajstić information content (AvgIpc) is 1.80. The molecule has 2 heteroatoms. The lowest BCUT2D eigenvalue weighted by Crippen LogP contribution is -2.47. The summed E-state index contributed by atoms with van der Waals surface area (Å²) in [6.07, 6.45) is 0. The van der Waals surface area contributed by atoms with Crippen molar-refractivity contribution in [3.63, 3.8) is 0 Å². The summed E-state index contributed by atoms with van der Waals surface area (Å²) in [5, 5.41) is 0. The lowest BCUT2D eigenvalue weighted by molar-refractivity contribution is -0.129. The Morgan fingerprint density at radius 2 is 1.42 bits per heavy atom. The maximum atomic E-state index is 11.7. The minimum Gasteiger partial charge on any atom is -0.321 e. The Morgan fingerprint density at radius 1 is 1.08 bits per heavy atom. The highest BCUT2D eigenvalue weighted by atomic mass is 16.1. The fourth-order valence-electron chi connectivity index (χ4n) is 0.860. The van der Waals surface area contributed by atoms with Crippen molar-refractivity contribution in [3.8, 4) is 0 Å². The van der Waals surface area contributed by atoms with E-state index < -0.39 is 0 Å². The maximum absolute atomic E-state index is 11.7. The van der Waals surface area contributed by atoms with Crippen molar-refractivity contribution in [2.75, 3.05) is 0 Å². The minimum absolute atomic E-state index is 0.134. The predicted molar refractivity (Wildman–Crippen MR) is 51.9 cm³/mol. The predicted octanol–water partition coefficient (Wildman–Crippen LogP) is 1.98. The monoisotopic (exact) mass is 171 g/mol. The lowest BCUT2D eigenvalue weighted by atomic mass is 9.76. The first kappa shape index (κ1) is 11.6. The van der Waals surface area contributed by atoms with Crippen LogP contribution in [0.3, 0.4) is 0 Å². The van der Waals surface area contributed by atoms with Crippen molar-refractivity contribution in [1.82, 2.24) is 0 Å². The van der Waals surface area contributed by atoms with Crippen LogP contribution < -0.4 is 5.73 Å². The molecule has 0 fully saturated rings. The zero-order valence-corrected chi connectivity index (χ0v) is 9.06. The standard InChI is InChI=1S/C10H21NO/c1-9(2,3)7(11)8(12)10(4,5)6/h7H,11H2,1-6H3/t7-/m1/s1. The van der Waals surface area contributed by atoms with Crippen molar-refractivity contribution in [2.45, 2.75) is 47.6 Å². The molecule has 0 heterocycles. The zero-order valence-electron chi connectivity index (χ0n) is 9.06. The van der Waals surface area contributed by atoms with Gasteiger partial charge in [0.05, 0.1) is 6.04 Å². The molecule has 12 heavy (non-hydrogen) atoms. The molecule has 0 amide bonds. The molecule has 0 unspecified atom stereocenters. The molecule has 0 saturated carbocycles. The highest BCUT2D eigenvalue weighted by Crippen LogP contribution is 2.25. The first-order chi connectivity index (χ1) is 5.07. The second-order valence-electron chi connectivity index (χ2n) is 5.46. The Morgan fingerprint density at radius 3 is 1.50 bits per heavy atom. The number of rotatable bonds is 1. The summed E-state index contributed by atoms with van der Waals surface area (Å²) in [5.41, 5.74) is 5.37. The molecular formula is C10H21NO. The van der Waals surface area contributed by atoms with Gasteiger partial charge in [-0.15, -0.1) is 0 Å². The van der Waals surface area contributed by atoms with Gasteiger partial charge in [0.1, 0.15) is 0 Å². The fraction of sp³-hybridized carbons (Fsp3) is 0.900. The zero-order chi connectivity index (χ0) is 10.2. The molecule has 0 aromatic carbocycles. The van der Waals surface area contributed by atoms with Crippen molar-refractivity contribution < 1.29 is 4.79 Å². The largest absolute Gasteiger partial charge is 0.321 e. The van der Waals surface area contributed by atoms with Crippen molar-refractivity contribution in [3.05, 3.63) is 0 Å². The Balaban J connectivity index is 4.53. The Bertz CT molecular complexity index is 171. The molecule has 0 saturated heterocycles. The van der Waals surface area contributed by atoms with E-state index in [1.807, 2.05) is 41.5 Å².